The van der Waals surface area contributed by atoms with E-state index in [0.717, 1.165) is 11.1 Å². The SMILES string of the molecule is CCC(=O)N[C@@H](Cc1ccc(O)c(-c2ccc(O)cc2)c1)C(=O)OC. The molecule has 0 saturated carbocycles. The molecule has 1 atom stereocenters. The predicted octanol–water partition coefficient (Wildman–Crippen LogP) is 2.38. The first kappa shape index (κ1) is 18.3. The van der Waals surface area contributed by atoms with Crippen molar-refractivity contribution in [3.63, 3.8) is 0 Å². The normalized spacial score (nSPS) is 11.6. The molecule has 132 valence electrons. The predicted molar refractivity (Wildman–Crippen MR) is 93.1 cm³/mol. The molecule has 0 radical (unpaired) electrons. The van der Waals surface area contributed by atoms with Crippen LogP contribution in [0.3, 0.4) is 0 Å². The maximum atomic E-state index is 11.9. The molecule has 0 unspecified atom stereocenters. The van der Waals surface area contributed by atoms with Gasteiger partial charge in [0, 0.05) is 18.4 Å². The van der Waals surface area contributed by atoms with Gasteiger partial charge in [-0.3, -0.25) is 4.79 Å². The Labute approximate surface area is 146 Å². The van der Waals surface area contributed by atoms with Gasteiger partial charge in [0.1, 0.15) is 17.5 Å². The van der Waals surface area contributed by atoms with Crippen molar-refractivity contribution in [2.75, 3.05) is 7.11 Å². The van der Waals surface area contributed by atoms with Crippen LogP contribution in [0.1, 0.15) is 18.9 Å². The topological polar surface area (TPSA) is 95.9 Å². The van der Waals surface area contributed by atoms with Gasteiger partial charge in [0.25, 0.3) is 0 Å². The minimum atomic E-state index is -0.797. The Morgan fingerprint density at radius 3 is 2.40 bits per heavy atom. The van der Waals surface area contributed by atoms with Crippen molar-refractivity contribution in [1.82, 2.24) is 5.32 Å². The number of carbonyl (C=O) groups is 2. The fraction of sp³-hybridized carbons (Fsp3) is 0.263. The zero-order valence-electron chi connectivity index (χ0n) is 14.2. The van der Waals surface area contributed by atoms with E-state index in [1.165, 1.54) is 25.3 Å². The van der Waals surface area contributed by atoms with Crippen LogP contribution in [0.2, 0.25) is 0 Å². The molecule has 0 aliphatic heterocycles. The molecule has 0 bridgehead atoms. The van der Waals surface area contributed by atoms with E-state index in [-0.39, 0.29) is 30.2 Å². The maximum Gasteiger partial charge on any atom is 0.328 e. The van der Waals surface area contributed by atoms with Crippen LogP contribution in [0.15, 0.2) is 42.5 Å². The Bertz CT molecular complexity index is 755. The summed E-state index contributed by atoms with van der Waals surface area (Å²) in [6, 6.07) is 10.6. The van der Waals surface area contributed by atoms with Crippen LogP contribution in [-0.2, 0) is 20.7 Å². The number of ether oxygens (including phenoxy) is 1. The average molecular weight is 343 g/mol. The van der Waals surface area contributed by atoms with E-state index in [0.29, 0.717) is 5.56 Å². The third-order valence-electron chi connectivity index (χ3n) is 3.82. The summed E-state index contributed by atoms with van der Waals surface area (Å²) < 4.78 is 4.75. The Kier molecular flexibility index (Phi) is 6.00. The van der Waals surface area contributed by atoms with E-state index in [1.54, 1.807) is 31.2 Å². The van der Waals surface area contributed by atoms with Crippen molar-refractivity contribution < 1.29 is 24.5 Å². The van der Waals surface area contributed by atoms with Crippen LogP contribution in [-0.4, -0.2) is 35.2 Å². The van der Waals surface area contributed by atoms with E-state index in [2.05, 4.69) is 5.32 Å². The molecule has 0 aromatic heterocycles. The molecule has 0 spiro atoms. The Balaban J connectivity index is 2.29. The number of hydrogen-bond acceptors (Lipinski definition) is 5. The van der Waals surface area contributed by atoms with Gasteiger partial charge in [-0.25, -0.2) is 4.79 Å². The summed E-state index contributed by atoms with van der Waals surface area (Å²) in [4.78, 5) is 23.5. The number of methoxy groups -OCH3 is 1. The maximum absolute atomic E-state index is 11.9. The lowest BCUT2D eigenvalue weighted by molar-refractivity contribution is -0.145. The Morgan fingerprint density at radius 2 is 1.80 bits per heavy atom. The minimum Gasteiger partial charge on any atom is -0.508 e. The number of hydrogen-bond donors (Lipinski definition) is 3. The zero-order valence-corrected chi connectivity index (χ0v) is 14.2. The highest BCUT2D eigenvalue weighted by molar-refractivity contribution is 5.84. The molecule has 0 fully saturated rings. The van der Waals surface area contributed by atoms with Crippen LogP contribution in [0.5, 0.6) is 11.5 Å². The first-order chi connectivity index (χ1) is 11.9. The highest BCUT2D eigenvalue weighted by atomic mass is 16.5. The Morgan fingerprint density at radius 1 is 1.12 bits per heavy atom. The van der Waals surface area contributed by atoms with E-state index >= 15 is 0 Å². The highest BCUT2D eigenvalue weighted by Crippen LogP contribution is 2.31. The Hall–Kier alpha value is -3.02. The third-order valence-corrected chi connectivity index (χ3v) is 3.82. The second-order valence-electron chi connectivity index (χ2n) is 5.60. The van der Waals surface area contributed by atoms with Gasteiger partial charge in [-0.15, -0.1) is 0 Å². The molecule has 0 saturated heterocycles. The molecule has 6 heteroatoms. The van der Waals surface area contributed by atoms with Crippen molar-refractivity contribution in [2.24, 2.45) is 0 Å². The van der Waals surface area contributed by atoms with Crippen LogP contribution < -0.4 is 5.32 Å². The van der Waals surface area contributed by atoms with Crippen molar-refractivity contribution in [3.8, 4) is 22.6 Å². The highest BCUT2D eigenvalue weighted by Gasteiger charge is 2.22. The number of phenolic OH excluding ortho intramolecular Hbond substituents is 2. The fourth-order valence-electron chi connectivity index (χ4n) is 2.45. The molecule has 25 heavy (non-hydrogen) atoms. The molecule has 0 heterocycles. The number of amides is 1. The summed E-state index contributed by atoms with van der Waals surface area (Å²) in [6.07, 6.45) is 0.506. The molecule has 3 N–H and O–H groups in total. The van der Waals surface area contributed by atoms with Gasteiger partial charge >= 0.3 is 5.97 Å². The molecular formula is C19H21NO5. The third kappa shape index (κ3) is 4.73. The number of aromatic hydroxyl groups is 2. The van der Waals surface area contributed by atoms with Crippen LogP contribution >= 0.6 is 0 Å². The van der Waals surface area contributed by atoms with Gasteiger partial charge in [0.2, 0.25) is 5.91 Å². The van der Waals surface area contributed by atoms with Crippen molar-refractivity contribution in [1.29, 1.82) is 0 Å². The summed E-state index contributed by atoms with van der Waals surface area (Å²) in [5.74, 6) is -0.553. The summed E-state index contributed by atoms with van der Waals surface area (Å²) in [5, 5.41) is 22.1. The first-order valence-electron chi connectivity index (χ1n) is 7.93. The first-order valence-corrected chi connectivity index (χ1v) is 7.93. The molecule has 2 aromatic rings. The van der Waals surface area contributed by atoms with Crippen LogP contribution in [0.4, 0.5) is 0 Å². The molecule has 0 aliphatic rings. The summed E-state index contributed by atoms with van der Waals surface area (Å²) in [5.41, 5.74) is 2.06. The number of carbonyl (C=O) groups excluding carboxylic acids is 2. The molecule has 2 aromatic carbocycles. The van der Waals surface area contributed by atoms with Crippen LogP contribution in [0, 0.1) is 0 Å². The van der Waals surface area contributed by atoms with E-state index in [9.17, 15) is 19.8 Å². The monoisotopic (exact) mass is 343 g/mol. The van der Waals surface area contributed by atoms with Gasteiger partial charge in [0.05, 0.1) is 7.11 Å². The fourth-order valence-corrected chi connectivity index (χ4v) is 2.45. The van der Waals surface area contributed by atoms with Gasteiger partial charge in [-0.05, 0) is 35.4 Å². The van der Waals surface area contributed by atoms with E-state index < -0.39 is 12.0 Å². The van der Waals surface area contributed by atoms with Gasteiger partial charge in [-0.2, -0.15) is 0 Å². The zero-order chi connectivity index (χ0) is 18.4. The van der Waals surface area contributed by atoms with Gasteiger partial charge < -0.3 is 20.3 Å². The number of phenols is 2. The van der Waals surface area contributed by atoms with Crippen molar-refractivity contribution in [3.05, 3.63) is 48.0 Å². The standard InChI is InChI=1S/C19H21NO5/c1-3-18(23)20-16(19(24)25-2)11-12-4-9-17(22)15(10-12)13-5-7-14(21)8-6-13/h4-10,16,21-22H,3,11H2,1-2H3,(H,20,23)/t16-/m0/s1. The van der Waals surface area contributed by atoms with E-state index in [4.69, 9.17) is 4.74 Å². The number of rotatable bonds is 6. The quantitative estimate of drug-likeness (QED) is 0.700. The second-order valence-corrected chi connectivity index (χ2v) is 5.60. The second kappa shape index (κ2) is 8.19. The molecule has 2 rings (SSSR count). The molecule has 0 aliphatic carbocycles. The lowest BCUT2D eigenvalue weighted by Gasteiger charge is -2.17. The molecule has 6 nitrogen and oxygen atoms in total. The number of benzene rings is 2. The molecular weight excluding hydrogens is 322 g/mol. The smallest absolute Gasteiger partial charge is 0.328 e. The average Bonchev–Trinajstić information content (AvgIpc) is 2.62. The lowest BCUT2D eigenvalue weighted by atomic mass is 9.98. The summed E-state index contributed by atoms with van der Waals surface area (Å²) in [7, 11) is 1.27. The van der Waals surface area contributed by atoms with Gasteiger partial charge in [0.15, 0.2) is 0 Å². The summed E-state index contributed by atoms with van der Waals surface area (Å²) >= 11 is 0. The van der Waals surface area contributed by atoms with Gasteiger partial charge in [-0.1, -0.05) is 25.1 Å². The van der Waals surface area contributed by atoms with E-state index in [1.807, 2.05) is 0 Å². The lowest BCUT2D eigenvalue weighted by Crippen LogP contribution is -2.42. The van der Waals surface area contributed by atoms with Crippen molar-refractivity contribution in [2.45, 2.75) is 25.8 Å². The van der Waals surface area contributed by atoms with Crippen LogP contribution in [0.25, 0.3) is 11.1 Å². The minimum absolute atomic E-state index is 0.0849. The molecule has 1 amide bonds. The van der Waals surface area contributed by atoms with Crippen molar-refractivity contribution >= 4 is 11.9 Å². The number of esters is 1. The number of nitrogens with one attached hydrogen (secondary N) is 1. The summed E-state index contributed by atoms with van der Waals surface area (Å²) in [6.45, 7) is 1.70. The largest absolute Gasteiger partial charge is 0.508 e.